The van der Waals surface area contributed by atoms with Crippen molar-refractivity contribution >= 4 is 27.7 Å². The number of rotatable bonds is 4. The molecule has 1 aliphatic heterocycles. The summed E-state index contributed by atoms with van der Waals surface area (Å²) >= 11 is 3.37. The predicted molar refractivity (Wildman–Crippen MR) is 103 cm³/mol. The fourth-order valence-corrected chi connectivity index (χ4v) is 3.46. The van der Waals surface area contributed by atoms with E-state index < -0.39 is 0 Å². The smallest absolute Gasteiger partial charge is 0.289 e. The molecular formula is C18H19BrN6O2. The molecule has 0 atom stereocenters. The van der Waals surface area contributed by atoms with Crippen LogP contribution < -0.4 is 4.90 Å². The van der Waals surface area contributed by atoms with Crippen LogP contribution in [0.2, 0.25) is 0 Å². The number of nitrogens with zero attached hydrogens (tertiary/aromatic N) is 6. The molecule has 0 bridgehead atoms. The van der Waals surface area contributed by atoms with Gasteiger partial charge in [0.05, 0.1) is 17.2 Å². The Balaban J connectivity index is 1.39. The summed E-state index contributed by atoms with van der Waals surface area (Å²) < 4.78 is 8.42. The van der Waals surface area contributed by atoms with Crippen molar-refractivity contribution in [3.8, 4) is 0 Å². The van der Waals surface area contributed by atoms with Gasteiger partial charge in [0.15, 0.2) is 11.6 Å². The van der Waals surface area contributed by atoms with Gasteiger partial charge in [-0.05, 0) is 46.6 Å². The Morgan fingerprint density at radius 2 is 2.11 bits per heavy atom. The molecule has 0 N–H and O–H groups in total. The number of aromatic nitrogens is 4. The number of furan rings is 1. The zero-order chi connectivity index (χ0) is 18.6. The first-order valence-corrected chi connectivity index (χ1v) is 9.57. The maximum atomic E-state index is 12.8. The number of amides is 1. The van der Waals surface area contributed by atoms with Gasteiger partial charge in [-0.25, -0.2) is 0 Å². The third-order valence-electron chi connectivity index (χ3n) is 4.46. The van der Waals surface area contributed by atoms with E-state index in [1.165, 1.54) is 0 Å². The first-order valence-electron chi connectivity index (χ1n) is 8.77. The molecule has 1 fully saturated rings. The van der Waals surface area contributed by atoms with Crippen LogP contribution >= 0.6 is 15.9 Å². The van der Waals surface area contributed by atoms with Crippen LogP contribution in [0.1, 0.15) is 22.7 Å². The van der Waals surface area contributed by atoms with E-state index >= 15 is 0 Å². The van der Waals surface area contributed by atoms with Crippen LogP contribution in [0.4, 0.5) is 5.82 Å². The summed E-state index contributed by atoms with van der Waals surface area (Å²) in [7, 11) is 0. The normalized spacial score (nSPS) is 15.0. The maximum Gasteiger partial charge on any atom is 0.289 e. The van der Waals surface area contributed by atoms with E-state index in [9.17, 15) is 4.79 Å². The van der Waals surface area contributed by atoms with Crippen molar-refractivity contribution in [3.05, 3.63) is 58.8 Å². The van der Waals surface area contributed by atoms with Gasteiger partial charge in [-0.3, -0.25) is 9.48 Å². The quantitative estimate of drug-likeness (QED) is 0.632. The Hall–Kier alpha value is -2.68. The van der Waals surface area contributed by atoms with E-state index in [0.717, 1.165) is 29.8 Å². The van der Waals surface area contributed by atoms with Crippen molar-refractivity contribution in [2.24, 2.45) is 0 Å². The molecule has 3 aromatic rings. The van der Waals surface area contributed by atoms with Crippen LogP contribution in [0.3, 0.4) is 0 Å². The van der Waals surface area contributed by atoms with Gasteiger partial charge < -0.3 is 14.2 Å². The van der Waals surface area contributed by atoms with E-state index in [-0.39, 0.29) is 5.91 Å². The van der Waals surface area contributed by atoms with Gasteiger partial charge in [0, 0.05) is 38.6 Å². The van der Waals surface area contributed by atoms with Crippen molar-refractivity contribution in [2.75, 3.05) is 31.1 Å². The van der Waals surface area contributed by atoms with Crippen LogP contribution in [-0.2, 0) is 6.54 Å². The van der Waals surface area contributed by atoms with E-state index in [4.69, 9.17) is 4.42 Å². The summed E-state index contributed by atoms with van der Waals surface area (Å²) in [6.07, 6.45) is 6.11. The molecule has 0 radical (unpaired) electrons. The zero-order valence-electron chi connectivity index (χ0n) is 14.7. The summed E-state index contributed by atoms with van der Waals surface area (Å²) in [4.78, 5) is 16.8. The monoisotopic (exact) mass is 430 g/mol. The fourth-order valence-electron chi connectivity index (χ4n) is 3.13. The number of carbonyl (C=O) groups excluding carboxylic acids is 1. The van der Waals surface area contributed by atoms with Gasteiger partial charge in [0.1, 0.15) is 5.76 Å². The van der Waals surface area contributed by atoms with Crippen molar-refractivity contribution in [3.63, 3.8) is 0 Å². The third kappa shape index (κ3) is 4.19. The molecule has 3 aromatic heterocycles. The topological polar surface area (TPSA) is 80.3 Å². The molecule has 9 heteroatoms. The lowest BCUT2D eigenvalue weighted by Crippen LogP contribution is -2.35. The number of hydrogen-bond donors (Lipinski definition) is 0. The maximum absolute atomic E-state index is 12.8. The van der Waals surface area contributed by atoms with Crippen LogP contribution in [0.15, 0.2) is 51.7 Å². The van der Waals surface area contributed by atoms with E-state index in [0.29, 0.717) is 31.2 Å². The van der Waals surface area contributed by atoms with Crippen LogP contribution in [-0.4, -0.2) is 57.0 Å². The van der Waals surface area contributed by atoms with Crippen molar-refractivity contribution in [1.82, 2.24) is 24.9 Å². The van der Waals surface area contributed by atoms with Crippen LogP contribution in [0.25, 0.3) is 0 Å². The molecule has 1 saturated heterocycles. The van der Waals surface area contributed by atoms with Gasteiger partial charge in [-0.1, -0.05) is 0 Å². The molecular weight excluding hydrogens is 412 g/mol. The fraction of sp³-hybridized carbons (Fsp3) is 0.333. The molecule has 1 amide bonds. The first-order chi connectivity index (χ1) is 13.2. The summed E-state index contributed by atoms with van der Waals surface area (Å²) in [5.41, 5.74) is 0. The second-order valence-electron chi connectivity index (χ2n) is 6.34. The van der Waals surface area contributed by atoms with Gasteiger partial charge in [-0.2, -0.15) is 10.2 Å². The average Bonchev–Trinajstić information content (AvgIpc) is 3.24. The minimum Gasteiger partial charge on any atom is -0.454 e. The Morgan fingerprint density at radius 1 is 1.19 bits per heavy atom. The van der Waals surface area contributed by atoms with Crippen molar-refractivity contribution in [1.29, 1.82) is 0 Å². The highest BCUT2D eigenvalue weighted by molar-refractivity contribution is 9.10. The second kappa shape index (κ2) is 7.91. The highest BCUT2D eigenvalue weighted by Gasteiger charge is 2.23. The highest BCUT2D eigenvalue weighted by Crippen LogP contribution is 2.17. The van der Waals surface area contributed by atoms with Crippen LogP contribution in [0, 0.1) is 0 Å². The lowest BCUT2D eigenvalue weighted by atomic mass is 10.3. The van der Waals surface area contributed by atoms with E-state index in [1.807, 2.05) is 29.3 Å². The summed E-state index contributed by atoms with van der Waals surface area (Å²) in [5, 5.41) is 12.3. The lowest BCUT2D eigenvalue weighted by molar-refractivity contribution is 0.0733. The van der Waals surface area contributed by atoms with Gasteiger partial charge in [0.2, 0.25) is 0 Å². The molecule has 4 rings (SSSR count). The number of anilines is 1. The average molecular weight is 431 g/mol. The molecule has 0 saturated carbocycles. The molecule has 0 aromatic carbocycles. The molecule has 1 aliphatic rings. The lowest BCUT2D eigenvalue weighted by Gasteiger charge is -2.21. The van der Waals surface area contributed by atoms with Crippen molar-refractivity contribution < 1.29 is 9.21 Å². The van der Waals surface area contributed by atoms with Gasteiger partial charge >= 0.3 is 0 Å². The molecule has 0 aliphatic carbocycles. The van der Waals surface area contributed by atoms with Crippen molar-refractivity contribution in [2.45, 2.75) is 13.0 Å². The summed E-state index contributed by atoms with van der Waals surface area (Å²) in [5.74, 6) is 1.83. The molecule has 0 unspecified atom stereocenters. The molecule has 27 heavy (non-hydrogen) atoms. The van der Waals surface area contributed by atoms with Crippen LogP contribution in [0.5, 0.6) is 0 Å². The Labute approximate surface area is 164 Å². The molecule has 0 spiro atoms. The first kappa shape index (κ1) is 17.7. The summed E-state index contributed by atoms with van der Waals surface area (Å²) in [6.45, 7) is 3.37. The highest BCUT2D eigenvalue weighted by atomic mass is 79.9. The minimum absolute atomic E-state index is 0.0797. The SMILES string of the molecule is O=C(c1ccc(Cn2cc(Br)cn2)o1)N1CCCN(c2cccnn2)CC1. The number of halogens is 1. The predicted octanol–water partition coefficient (Wildman–Crippen LogP) is 2.43. The van der Waals surface area contributed by atoms with Gasteiger partial charge in [-0.15, -0.1) is 5.10 Å². The van der Waals surface area contributed by atoms with E-state index in [1.54, 1.807) is 23.1 Å². The molecule has 4 heterocycles. The Kier molecular flexibility index (Phi) is 5.19. The minimum atomic E-state index is -0.0797. The zero-order valence-corrected chi connectivity index (χ0v) is 16.2. The van der Waals surface area contributed by atoms with E-state index in [2.05, 4.69) is 36.1 Å². The van der Waals surface area contributed by atoms with Gasteiger partial charge in [0.25, 0.3) is 5.91 Å². The standard InChI is InChI=1S/C18H19BrN6O2/c19-14-11-21-25(12-14)13-15-4-5-16(27-15)18(26)24-8-2-7-23(9-10-24)17-3-1-6-20-22-17/h1,3-6,11-12H,2,7-10,13H2. The third-order valence-corrected chi connectivity index (χ3v) is 4.87. The molecule has 8 nitrogen and oxygen atoms in total. The number of hydrogen-bond acceptors (Lipinski definition) is 6. The summed E-state index contributed by atoms with van der Waals surface area (Å²) in [6, 6.07) is 7.38. The largest absolute Gasteiger partial charge is 0.454 e. The Morgan fingerprint density at radius 3 is 2.89 bits per heavy atom. The second-order valence-corrected chi connectivity index (χ2v) is 7.25. The number of carbonyl (C=O) groups is 1. The Bertz CT molecular complexity index is 909. The molecule has 140 valence electrons.